The van der Waals surface area contributed by atoms with E-state index in [0.29, 0.717) is 0 Å². The lowest BCUT2D eigenvalue weighted by Gasteiger charge is -2.17. The molecule has 4 aromatic rings. The molecule has 0 unspecified atom stereocenters. The summed E-state index contributed by atoms with van der Waals surface area (Å²) in [5.74, 6) is -0.553. The summed E-state index contributed by atoms with van der Waals surface area (Å²) < 4.78 is 5.44. The number of hydrogen-bond acceptors (Lipinski definition) is 5. The van der Waals surface area contributed by atoms with Gasteiger partial charge in [0.15, 0.2) is 0 Å². The van der Waals surface area contributed by atoms with Gasteiger partial charge in [-0.05, 0) is 21.9 Å². The summed E-state index contributed by atoms with van der Waals surface area (Å²) in [4.78, 5) is 30.2. The SMILES string of the molecule is O=C(N[C@@H](Cc1ccccc1)C(=O)OCc1ccccc1)O/N=C\c1cccc2ccccc12. The van der Waals surface area contributed by atoms with Crippen molar-refractivity contribution in [2.45, 2.75) is 19.1 Å². The Morgan fingerprint density at radius 1 is 0.794 bits per heavy atom. The van der Waals surface area contributed by atoms with Crippen molar-refractivity contribution in [3.63, 3.8) is 0 Å². The van der Waals surface area contributed by atoms with E-state index in [1.54, 1.807) is 0 Å². The minimum absolute atomic E-state index is 0.112. The monoisotopic (exact) mass is 452 g/mol. The molecule has 0 fully saturated rings. The molecule has 1 atom stereocenters. The zero-order valence-electron chi connectivity index (χ0n) is 18.5. The van der Waals surface area contributed by atoms with Crippen LogP contribution < -0.4 is 5.32 Å². The van der Waals surface area contributed by atoms with Crippen molar-refractivity contribution in [1.29, 1.82) is 0 Å². The van der Waals surface area contributed by atoms with Crippen LogP contribution in [0.3, 0.4) is 0 Å². The predicted molar refractivity (Wildman–Crippen MR) is 131 cm³/mol. The molecule has 4 aromatic carbocycles. The molecule has 0 aliphatic heterocycles. The van der Waals surface area contributed by atoms with Crippen molar-refractivity contribution in [3.05, 3.63) is 120 Å². The highest BCUT2D eigenvalue weighted by Crippen LogP contribution is 2.17. The number of hydrogen-bond donors (Lipinski definition) is 1. The minimum atomic E-state index is -0.925. The van der Waals surface area contributed by atoms with Gasteiger partial charge >= 0.3 is 12.1 Å². The maximum Gasteiger partial charge on any atom is 0.434 e. The molecular weight excluding hydrogens is 428 g/mol. The molecule has 0 bridgehead atoms. The Kier molecular flexibility index (Phi) is 7.64. The van der Waals surface area contributed by atoms with Crippen molar-refractivity contribution < 1.29 is 19.2 Å². The molecule has 0 heterocycles. The normalized spacial score (nSPS) is 11.8. The van der Waals surface area contributed by atoms with E-state index < -0.39 is 18.1 Å². The fraction of sp³-hybridized carbons (Fsp3) is 0.107. The number of fused-ring (bicyclic) bond motifs is 1. The molecule has 0 aliphatic rings. The van der Waals surface area contributed by atoms with E-state index in [9.17, 15) is 9.59 Å². The van der Waals surface area contributed by atoms with Crippen LogP contribution in [0.4, 0.5) is 4.79 Å². The first-order valence-electron chi connectivity index (χ1n) is 10.9. The molecule has 0 spiro atoms. The van der Waals surface area contributed by atoms with Crippen LogP contribution in [0.5, 0.6) is 0 Å². The summed E-state index contributed by atoms with van der Waals surface area (Å²) in [5.41, 5.74) is 2.55. The van der Waals surface area contributed by atoms with Gasteiger partial charge in [0.05, 0.1) is 6.21 Å². The third-order valence-electron chi connectivity index (χ3n) is 5.23. The molecule has 4 rings (SSSR count). The second kappa shape index (κ2) is 11.4. The zero-order valence-corrected chi connectivity index (χ0v) is 18.5. The third kappa shape index (κ3) is 6.29. The highest BCUT2D eigenvalue weighted by atomic mass is 16.7. The Hall–Kier alpha value is -4.45. The van der Waals surface area contributed by atoms with Crippen LogP contribution in [0, 0.1) is 0 Å². The van der Waals surface area contributed by atoms with Gasteiger partial charge in [0.2, 0.25) is 0 Å². The number of carbonyl (C=O) groups is 2. The molecule has 0 saturated heterocycles. The van der Waals surface area contributed by atoms with Gasteiger partial charge in [0.25, 0.3) is 0 Å². The number of esters is 1. The Labute approximate surface area is 197 Å². The first-order chi connectivity index (χ1) is 16.7. The Balaban J connectivity index is 1.40. The van der Waals surface area contributed by atoms with Crippen LogP contribution in [0.2, 0.25) is 0 Å². The van der Waals surface area contributed by atoms with Crippen LogP contribution >= 0.6 is 0 Å². The molecule has 6 heteroatoms. The van der Waals surface area contributed by atoms with E-state index in [4.69, 9.17) is 9.57 Å². The van der Waals surface area contributed by atoms with Gasteiger partial charge in [-0.3, -0.25) is 4.84 Å². The number of ether oxygens (including phenoxy) is 1. The zero-order chi connectivity index (χ0) is 23.6. The molecule has 0 saturated carbocycles. The lowest BCUT2D eigenvalue weighted by molar-refractivity contribution is -0.147. The maximum atomic E-state index is 12.8. The number of carbonyl (C=O) groups excluding carboxylic acids is 2. The summed E-state index contributed by atoms with van der Waals surface area (Å²) in [6, 6.07) is 31.4. The largest absolute Gasteiger partial charge is 0.459 e. The summed E-state index contributed by atoms with van der Waals surface area (Å²) >= 11 is 0. The molecule has 0 aliphatic carbocycles. The summed E-state index contributed by atoms with van der Waals surface area (Å²) in [6.45, 7) is 0.112. The lowest BCUT2D eigenvalue weighted by atomic mass is 10.1. The van der Waals surface area contributed by atoms with Gasteiger partial charge in [-0.25, -0.2) is 9.59 Å². The molecule has 0 aromatic heterocycles. The maximum absolute atomic E-state index is 12.8. The van der Waals surface area contributed by atoms with Gasteiger partial charge in [-0.15, -0.1) is 0 Å². The fourth-order valence-corrected chi connectivity index (χ4v) is 3.54. The highest BCUT2D eigenvalue weighted by molar-refractivity contribution is 5.99. The van der Waals surface area contributed by atoms with Crippen LogP contribution in [0.1, 0.15) is 16.7 Å². The number of rotatable bonds is 8. The van der Waals surface area contributed by atoms with Crippen molar-refractivity contribution in [2.24, 2.45) is 5.16 Å². The van der Waals surface area contributed by atoms with E-state index in [1.165, 1.54) is 6.21 Å². The number of benzene rings is 4. The molecule has 1 N–H and O–H groups in total. The standard InChI is InChI=1S/C28H24N2O4/c31-27(33-20-22-12-5-2-6-13-22)26(18-21-10-3-1-4-11-21)30-28(32)34-29-19-24-16-9-15-23-14-7-8-17-25(23)24/h1-17,19,26H,18,20H2,(H,30,32)/b29-19-/t26-/m0/s1. The summed E-state index contributed by atoms with van der Waals surface area (Å²) in [7, 11) is 0. The summed E-state index contributed by atoms with van der Waals surface area (Å²) in [6.07, 6.45) is 0.896. The topological polar surface area (TPSA) is 77.0 Å². The number of oxime groups is 1. The van der Waals surface area contributed by atoms with E-state index >= 15 is 0 Å². The number of amides is 1. The molecule has 170 valence electrons. The quantitative estimate of drug-likeness (QED) is 0.171. The van der Waals surface area contributed by atoms with Crippen molar-refractivity contribution in [1.82, 2.24) is 5.32 Å². The van der Waals surface area contributed by atoms with Gasteiger partial charge in [-0.1, -0.05) is 108 Å². The molecular formula is C28H24N2O4. The van der Waals surface area contributed by atoms with Gasteiger partial charge in [-0.2, -0.15) is 0 Å². The molecule has 1 amide bonds. The highest BCUT2D eigenvalue weighted by Gasteiger charge is 2.24. The van der Waals surface area contributed by atoms with Crippen molar-refractivity contribution in [2.75, 3.05) is 0 Å². The average Bonchev–Trinajstić information content (AvgIpc) is 2.88. The lowest BCUT2D eigenvalue weighted by Crippen LogP contribution is -2.43. The van der Waals surface area contributed by atoms with E-state index in [0.717, 1.165) is 27.5 Å². The van der Waals surface area contributed by atoms with Gasteiger partial charge in [0, 0.05) is 12.0 Å². The van der Waals surface area contributed by atoms with Crippen LogP contribution in [0.15, 0.2) is 108 Å². The molecule has 34 heavy (non-hydrogen) atoms. The molecule has 6 nitrogen and oxygen atoms in total. The van der Waals surface area contributed by atoms with Gasteiger partial charge < -0.3 is 10.1 Å². The number of nitrogens with zero attached hydrogens (tertiary/aromatic N) is 1. The second-order valence-electron chi connectivity index (χ2n) is 7.66. The van der Waals surface area contributed by atoms with E-state index in [1.807, 2.05) is 103 Å². The Morgan fingerprint density at radius 3 is 2.21 bits per heavy atom. The minimum Gasteiger partial charge on any atom is -0.459 e. The van der Waals surface area contributed by atoms with Crippen LogP contribution in [-0.2, 0) is 27.4 Å². The van der Waals surface area contributed by atoms with Crippen LogP contribution in [0.25, 0.3) is 10.8 Å². The third-order valence-corrected chi connectivity index (χ3v) is 5.23. The second-order valence-corrected chi connectivity index (χ2v) is 7.66. The summed E-state index contributed by atoms with van der Waals surface area (Å²) in [5, 5.41) is 8.44. The van der Waals surface area contributed by atoms with E-state index in [2.05, 4.69) is 10.5 Å². The first kappa shape index (κ1) is 22.7. The predicted octanol–water partition coefficient (Wildman–Crippen LogP) is 5.25. The van der Waals surface area contributed by atoms with E-state index in [-0.39, 0.29) is 13.0 Å². The smallest absolute Gasteiger partial charge is 0.434 e. The Bertz CT molecular complexity index is 1270. The fourth-order valence-electron chi connectivity index (χ4n) is 3.54. The average molecular weight is 453 g/mol. The Morgan fingerprint density at radius 2 is 1.44 bits per heavy atom. The van der Waals surface area contributed by atoms with Gasteiger partial charge in [0.1, 0.15) is 12.6 Å². The van der Waals surface area contributed by atoms with Crippen molar-refractivity contribution >= 4 is 29.0 Å². The van der Waals surface area contributed by atoms with Crippen molar-refractivity contribution in [3.8, 4) is 0 Å². The van der Waals surface area contributed by atoms with Crippen LogP contribution in [-0.4, -0.2) is 24.3 Å². The first-order valence-corrected chi connectivity index (χ1v) is 10.9. The molecule has 0 radical (unpaired) electrons. The number of nitrogens with one attached hydrogen (secondary N) is 1.